The van der Waals surface area contributed by atoms with Crippen LogP contribution in [0.5, 0.6) is 0 Å². The fraction of sp³-hybridized carbons (Fsp3) is 0.143. The van der Waals surface area contributed by atoms with Gasteiger partial charge in [-0.15, -0.1) is 0 Å². The molecule has 0 unspecified atom stereocenters. The van der Waals surface area contributed by atoms with Crippen LogP contribution in [-0.4, -0.2) is 15.7 Å². The molecule has 0 spiro atoms. The molecular weight excluding hydrogens is 256 g/mol. The number of nitrogens with one attached hydrogen (secondary N) is 1. The van der Waals surface area contributed by atoms with Crippen molar-refractivity contribution in [3.63, 3.8) is 0 Å². The van der Waals surface area contributed by atoms with Gasteiger partial charge in [0, 0.05) is 6.07 Å². The first-order chi connectivity index (χ1) is 9.60. The van der Waals surface area contributed by atoms with Crippen molar-refractivity contribution in [2.75, 3.05) is 5.32 Å². The lowest BCUT2D eigenvalue weighted by atomic mass is 10.2. The van der Waals surface area contributed by atoms with Gasteiger partial charge in [0.1, 0.15) is 12.6 Å². The SMILES string of the molecule is Cc1cnn(CC(=O)Nc2ccccc2C#N)c(=O)c1. The summed E-state index contributed by atoms with van der Waals surface area (Å²) >= 11 is 0. The van der Waals surface area contributed by atoms with Gasteiger partial charge in [0.2, 0.25) is 5.91 Å². The number of rotatable bonds is 3. The van der Waals surface area contributed by atoms with Crippen molar-refractivity contribution >= 4 is 11.6 Å². The maximum Gasteiger partial charge on any atom is 0.267 e. The summed E-state index contributed by atoms with van der Waals surface area (Å²) in [6.45, 7) is 1.56. The van der Waals surface area contributed by atoms with E-state index in [-0.39, 0.29) is 12.1 Å². The van der Waals surface area contributed by atoms with Gasteiger partial charge >= 0.3 is 0 Å². The highest BCUT2D eigenvalue weighted by Crippen LogP contribution is 2.13. The molecule has 0 saturated carbocycles. The van der Waals surface area contributed by atoms with E-state index < -0.39 is 5.91 Å². The van der Waals surface area contributed by atoms with Crippen molar-refractivity contribution in [2.45, 2.75) is 13.5 Å². The molecule has 1 N–H and O–H groups in total. The van der Waals surface area contributed by atoms with Gasteiger partial charge in [0.05, 0.1) is 17.4 Å². The summed E-state index contributed by atoms with van der Waals surface area (Å²) in [5, 5.41) is 15.4. The van der Waals surface area contributed by atoms with E-state index in [0.717, 1.165) is 10.2 Å². The third-order valence-electron chi connectivity index (χ3n) is 2.62. The topological polar surface area (TPSA) is 87.8 Å². The van der Waals surface area contributed by atoms with Crippen molar-refractivity contribution in [1.82, 2.24) is 9.78 Å². The van der Waals surface area contributed by atoms with Gasteiger partial charge in [-0.25, -0.2) is 4.68 Å². The lowest BCUT2D eigenvalue weighted by Gasteiger charge is -2.07. The van der Waals surface area contributed by atoms with Gasteiger partial charge in [-0.1, -0.05) is 12.1 Å². The van der Waals surface area contributed by atoms with E-state index in [1.54, 1.807) is 31.2 Å². The highest BCUT2D eigenvalue weighted by Gasteiger charge is 2.08. The van der Waals surface area contributed by atoms with Crippen LogP contribution in [0.3, 0.4) is 0 Å². The molecule has 0 aliphatic carbocycles. The van der Waals surface area contributed by atoms with Gasteiger partial charge < -0.3 is 5.32 Å². The summed E-state index contributed by atoms with van der Waals surface area (Å²) in [5.41, 5.74) is 1.18. The fourth-order valence-corrected chi connectivity index (χ4v) is 1.66. The number of amides is 1. The molecule has 1 amide bonds. The van der Waals surface area contributed by atoms with Crippen LogP contribution < -0.4 is 10.9 Å². The maximum absolute atomic E-state index is 11.9. The lowest BCUT2D eigenvalue weighted by Crippen LogP contribution is -2.29. The summed E-state index contributed by atoms with van der Waals surface area (Å²) in [6.07, 6.45) is 1.51. The Labute approximate surface area is 115 Å². The van der Waals surface area contributed by atoms with E-state index in [0.29, 0.717) is 11.3 Å². The minimum absolute atomic E-state index is 0.196. The van der Waals surface area contributed by atoms with E-state index in [4.69, 9.17) is 5.26 Å². The van der Waals surface area contributed by atoms with Crippen molar-refractivity contribution < 1.29 is 4.79 Å². The van der Waals surface area contributed by atoms with Gasteiger partial charge in [-0.2, -0.15) is 10.4 Å². The van der Waals surface area contributed by atoms with Crippen molar-refractivity contribution in [3.8, 4) is 6.07 Å². The van der Waals surface area contributed by atoms with Crippen LogP contribution >= 0.6 is 0 Å². The van der Waals surface area contributed by atoms with Gasteiger partial charge in [0.15, 0.2) is 0 Å². The third kappa shape index (κ3) is 3.09. The van der Waals surface area contributed by atoms with Crippen molar-refractivity contribution in [1.29, 1.82) is 5.26 Å². The Morgan fingerprint density at radius 2 is 2.20 bits per heavy atom. The molecule has 0 fully saturated rings. The fourth-order valence-electron chi connectivity index (χ4n) is 1.66. The summed E-state index contributed by atoms with van der Waals surface area (Å²) in [5.74, 6) is -0.411. The number of benzene rings is 1. The van der Waals surface area contributed by atoms with E-state index >= 15 is 0 Å². The summed E-state index contributed by atoms with van der Waals surface area (Å²) in [6, 6.07) is 10.0. The van der Waals surface area contributed by atoms with Crippen LogP contribution in [0.15, 0.2) is 41.3 Å². The summed E-state index contributed by atoms with van der Waals surface area (Å²) in [4.78, 5) is 23.5. The number of carbonyl (C=O) groups is 1. The first-order valence-electron chi connectivity index (χ1n) is 5.93. The van der Waals surface area contributed by atoms with Crippen LogP contribution in [-0.2, 0) is 11.3 Å². The molecule has 1 aromatic heterocycles. The Balaban J connectivity index is 2.14. The molecule has 0 aliphatic rings. The Hall–Kier alpha value is -2.94. The zero-order chi connectivity index (χ0) is 14.5. The number of aromatic nitrogens is 2. The molecule has 1 aromatic carbocycles. The van der Waals surface area contributed by atoms with E-state index in [1.807, 2.05) is 6.07 Å². The molecule has 2 rings (SSSR count). The number of aryl methyl sites for hydroxylation is 1. The number of nitriles is 1. The zero-order valence-electron chi connectivity index (χ0n) is 10.8. The smallest absolute Gasteiger partial charge is 0.267 e. The van der Waals surface area contributed by atoms with Crippen molar-refractivity contribution in [2.24, 2.45) is 0 Å². The van der Waals surface area contributed by atoms with E-state index in [2.05, 4.69) is 10.4 Å². The van der Waals surface area contributed by atoms with Crippen LogP contribution in [0.4, 0.5) is 5.69 Å². The largest absolute Gasteiger partial charge is 0.323 e. The van der Waals surface area contributed by atoms with E-state index in [9.17, 15) is 9.59 Å². The molecule has 20 heavy (non-hydrogen) atoms. The monoisotopic (exact) mass is 268 g/mol. The summed E-state index contributed by atoms with van der Waals surface area (Å²) < 4.78 is 1.07. The Kier molecular flexibility index (Phi) is 3.91. The molecule has 0 saturated heterocycles. The predicted octanol–water partition coefficient (Wildman–Crippen LogP) is 1.06. The average molecular weight is 268 g/mol. The molecule has 0 radical (unpaired) electrons. The van der Waals surface area contributed by atoms with Crippen LogP contribution in [0.1, 0.15) is 11.1 Å². The molecule has 6 heteroatoms. The van der Waals surface area contributed by atoms with E-state index in [1.165, 1.54) is 12.3 Å². The molecule has 6 nitrogen and oxygen atoms in total. The van der Waals surface area contributed by atoms with Crippen LogP contribution in [0, 0.1) is 18.3 Å². The maximum atomic E-state index is 11.9. The number of nitrogens with zero attached hydrogens (tertiary/aromatic N) is 3. The van der Waals surface area contributed by atoms with Crippen LogP contribution in [0.2, 0.25) is 0 Å². The van der Waals surface area contributed by atoms with Gasteiger partial charge in [-0.3, -0.25) is 9.59 Å². The molecule has 0 aliphatic heterocycles. The van der Waals surface area contributed by atoms with Gasteiger partial charge in [-0.05, 0) is 24.6 Å². The van der Waals surface area contributed by atoms with Gasteiger partial charge in [0.25, 0.3) is 5.56 Å². The predicted molar refractivity (Wildman–Crippen MR) is 73.0 cm³/mol. The van der Waals surface area contributed by atoms with Crippen LogP contribution in [0.25, 0.3) is 0 Å². The lowest BCUT2D eigenvalue weighted by molar-refractivity contribution is -0.117. The zero-order valence-corrected chi connectivity index (χ0v) is 10.8. The first kappa shape index (κ1) is 13.5. The highest BCUT2D eigenvalue weighted by atomic mass is 16.2. The summed E-state index contributed by atoms with van der Waals surface area (Å²) in [7, 11) is 0. The third-order valence-corrected chi connectivity index (χ3v) is 2.62. The minimum atomic E-state index is -0.411. The number of hydrogen-bond acceptors (Lipinski definition) is 4. The first-order valence-corrected chi connectivity index (χ1v) is 5.93. The minimum Gasteiger partial charge on any atom is -0.323 e. The normalized spacial score (nSPS) is 9.80. The van der Waals surface area contributed by atoms with Crippen molar-refractivity contribution in [3.05, 3.63) is 58.0 Å². The number of para-hydroxylation sites is 1. The second-order valence-electron chi connectivity index (χ2n) is 4.23. The molecule has 0 bridgehead atoms. The quantitative estimate of drug-likeness (QED) is 0.901. The number of carbonyl (C=O) groups excluding carboxylic acids is 1. The number of anilines is 1. The highest BCUT2D eigenvalue weighted by molar-refractivity contribution is 5.91. The average Bonchev–Trinajstić information content (AvgIpc) is 2.42. The molecular formula is C14H12N4O2. The second kappa shape index (κ2) is 5.80. The molecule has 2 aromatic rings. The Morgan fingerprint density at radius 1 is 1.45 bits per heavy atom. The second-order valence-corrected chi connectivity index (χ2v) is 4.23. The molecule has 1 heterocycles. The molecule has 0 atom stereocenters. The standard InChI is InChI=1S/C14H12N4O2/c1-10-6-14(20)18(16-8-10)9-13(19)17-12-5-3-2-4-11(12)7-15/h2-6,8H,9H2,1H3,(H,17,19). The molecule has 100 valence electrons. The number of hydrogen-bond donors (Lipinski definition) is 1. The Morgan fingerprint density at radius 3 is 2.90 bits per heavy atom. The Bertz CT molecular complexity index is 743.